The van der Waals surface area contributed by atoms with Gasteiger partial charge in [0.15, 0.2) is 6.29 Å². The minimum Gasteiger partial charge on any atom is -0.394 e. The number of hydrogen-bond donors (Lipinski definition) is 10. The Hall–Kier alpha value is -2.89. The van der Waals surface area contributed by atoms with Crippen LogP contribution in [0.2, 0.25) is 0 Å². The summed E-state index contributed by atoms with van der Waals surface area (Å²) in [5.74, 6) is -3.34. The Labute approximate surface area is 312 Å². The minimum absolute atomic E-state index is 0.0598. The third-order valence-corrected chi connectivity index (χ3v) is 10.2. The first-order valence-electron chi connectivity index (χ1n) is 17.9. The van der Waals surface area contributed by atoms with E-state index in [1.165, 1.54) is 25.7 Å². The second-order valence-corrected chi connectivity index (χ2v) is 14.0. The van der Waals surface area contributed by atoms with E-state index in [0.717, 1.165) is 5.56 Å². The van der Waals surface area contributed by atoms with E-state index in [2.05, 4.69) is 10.6 Å². The summed E-state index contributed by atoms with van der Waals surface area (Å²) < 4.78 is 29.4. The second-order valence-electron chi connectivity index (χ2n) is 14.0. The standard InChI is InChI=1S/C35H55N3O16/c1-17(42)36-28-26(53-25(12-41)33(47)34(28)48)15-50-14-22-23(10-39)52-27(30(32(22)46)38(19(3)44)9-20-7-5-4-6-8-20)16-51-13-21-24(11-40)54-35(49)29(31(21)45)37-18(2)43/h4-8,21-35,39-41,45-49H,9-16H2,1-3H3,(H,36,42)(H,37,43)/t21-,22-,23?,24?,25?,26+,27+,28?,29?,30?,31+,32+,33-,34-,35-/m1/s1. The number of carbonyl (C=O) groups excluding carboxylic acids is 3. The van der Waals surface area contributed by atoms with Gasteiger partial charge in [0.2, 0.25) is 17.7 Å². The number of aliphatic hydroxyl groups is 8. The smallest absolute Gasteiger partial charge is 0.220 e. The van der Waals surface area contributed by atoms with Crippen LogP contribution in [0, 0.1) is 11.8 Å². The lowest BCUT2D eigenvalue weighted by atomic mass is 9.84. The van der Waals surface area contributed by atoms with Crippen molar-refractivity contribution in [2.75, 3.05) is 46.2 Å². The second kappa shape index (κ2) is 20.3. The molecule has 3 fully saturated rings. The molecule has 0 spiro atoms. The van der Waals surface area contributed by atoms with E-state index in [1.54, 1.807) is 24.3 Å². The Morgan fingerprint density at radius 2 is 1.15 bits per heavy atom. The molecule has 0 bridgehead atoms. The zero-order chi connectivity index (χ0) is 39.7. The first kappa shape index (κ1) is 43.8. The first-order chi connectivity index (χ1) is 25.7. The lowest BCUT2D eigenvalue weighted by Crippen LogP contribution is -2.65. The number of rotatable bonds is 16. The molecule has 0 aromatic heterocycles. The predicted octanol–water partition coefficient (Wildman–Crippen LogP) is -4.65. The number of amides is 3. The molecule has 1 aromatic rings. The molecule has 19 nitrogen and oxygen atoms in total. The molecule has 19 heteroatoms. The lowest BCUT2D eigenvalue weighted by Gasteiger charge is -2.49. The predicted molar refractivity (Wildman–Crippen MR) is 184 cm³/mol. The number of carbonyl (C=O) groups is 3. The highest BCUT2D eigenvalue weighted by atomic mass is 16.6. The van der Waals surface area contributed by atoms with Crippen molar-refractivity contribution in [2.24, 2.45) is 11.8 Å². The van der Waals surface area contributed by atoms with Gasteiger partial charge in [-0.3, -0.25) is 14.4 Å². The van der Waals surface area contributed by atoms with Crippen LogP contribution in [0.5, 0.6) is 0 Å². The fraction of sp³-hybridized carbons (Fsp3) is 0.743. The average Bonchev–Trinajstić information content (AvgIpc) is 3.13. The Morgan fingerprint density at radius 3 is 1.70 bits per heavy atom. The summed E-state index contributed by atoms with van der Waals surface area (Å²) in [6.07, 6.45) is -12.7. The zero-order valence-corrected chi connectivity index (χ0v) is 30.5. The van der Waals surface area contributed by atoms with Crippen LogP contribution in [0.4, 0.5) is 0 Å². The van der Waals surface area contributed by atoms with E-state index < -0.39 is 129 Å². The largest absolute Gasteiger partial charge is 0.394 e. The molecular weight excluding hydrogens is 718 g/mol. The molecule has 3 heterocycles. The van der Waals surface area contributed by atoms with Crippen LogP contribution in [-0.2, 0) is 44.6 Å². The van der Waals surface area contributed by atoms with Crippen molar-refractivity contribution in [1.82, 2.24) is 15.5 Å². The molecule has 6 unspecified atom stereocenters. The maximum Gasteiger partial charge on any atom is 0.220 e. The molecule has 3 aliphatic rings. The van der Waals surface area contributed by atoms with Crippen molar-refractivity contribution in [3.8, 4) is 0 Å². The van der Waals surface area contributed by atoms with Gasteiger partial charge in [0.25, 0.3) is 0 Å². The van der Waals surface area contributed by atoms with E-state index in [4.69, 9.17) is 23.7 Å². The van der Waals surface area contributed by atoms with Crippen molar-refractivity contribution in [2.45, 2.75) is 107 Å². The SMILES string of the molecule is CC(=O)NC1[C@H](COC[C@@H]2C(CO)O[C@@H](COC[C@@H]3C(CO)O[C@@H](O)C(NC(C)=O)[C@H]3O)C(N(Cc3ccccc3)C(C)=O)[C@H]2O)OC(CO)[C@@H](O)[C@@H]1O. The van der Waals surface area contributed by atoms with E-state index in [1.807, 2.05) is 6.07 Å². The lowest BCUT2D eigenvalue weighted by molar-refractivity contribution is -0.250. The number of nitrogens with one attached hydrogen (secondary N) is 2. The van der Waals surface area contributed by atoms with Crippen molar-refractivity contribution in [3.05, 3.63) is 35.9 Å². The molecule has 306 valence electrons. The molecule has 54 heavy (non-hydrogen) atoms. The highest BCUT2D eigenvalue weighted by Gasteiger charge is 2.50. The van der Waals surface area contributed by atoms with Gasteiger partial charge < -0.3 is 80.1 Å². The topological polar surface area (TPSA) is 286 Å². The average molecular weight is 774 g/mol. The van der Waals surface area contributed by atoms with Crippen LogP contribution in [0.3, 0.4) is 0 Å². The van der Waals surface area contributed by atoms with Crippen LogP contribution in [-0.4, -0.2) is 189 Å². The molecule has 3 saturated heterocycles. The van der Waals surface area contributed by atoms with Gasteiger partial charge in [0, 0.05) is 39.2 Å². The van der Waals surface area contributed by atoms with Gasteiger partial charge >= 0.3 is 0 Å². The number of nitrogens with zero attached hydrogens (tertiary/aromatic N) is 1. The molecule has 0 saturated carbocycles. The van der Waals surface area contributed by atoms with E-state index in [9.17, 15) is 55.2 Å². The molecule has 0 radical (unpaired) electrons. The molecule has 4 rings (SSSR count). The fourth-order valence-electron chi connectivity index (χ4n) is 7.40. The summed E-state index contributed by atoms with van der Waals surface area (Å²) in [6.45, 7) is 0.920. The Balaban J connectivity index is 1.54. The molecular formula is C35H55N3O16. The molecule has 15 atom stereocenters. The highest BCUT2D eigenvalue weighted by molar-refractivity contribution is 5.74. The summed E-state index contributed by atoms with van der Waals surface area (Å²) in [5.41, 5.74) is 0.741. The molecule has 10 N–H and O–H groups in total. The van der Waals surface area contributed by atoms with Crippen LogP contribution in [0.1, 0.15) is 26.3 Å². The molecule has 0 aliphatic carbocycles. The summed E-state index contributed by atoms with van der Waals surface area (Å²) in [4.78, 5) is 38.2. The Bertz CT molecular complexity index is 1350. The number of ether oxygens (including phenoxy) is 5. The van der Waals surface area contributed by atoms with Gasteiger partial charge in [-0.05, 0) is 5.56 Å². The van der Waals surface area contributed by atoms with E-state index >= 15 is 0 Å². The van der Waals surface area contributed by atoms with Crippen LogP contribution >= 0.6 is 0 Å². The summed E-state index contributed by atoms with van der Waals surface area (Å²) in [6, 6.07) is 5.59. The Kier molecular flexibility index (Phi) is 16.5. The molecule has 3 aliphatic heterocycles. The van der Waals surface area contributed by atoms with Gasteiger partial charge in [-0.15, -0.1) is 0 Å². The van der Waals surface area contributed by atoms with Crippen LogP contribution in [0.25, 0.3) is 0 Å². The van der Waals surface area contributed by atoms with Gasteiger partial charge in [-0.2, -0.15) is 0 Å². The monoisotopic (exact) mass is 773 g/mol. The fourth-order valence-corrected chi connectivity index (χ4v) is 7.40. The number of benzene rings is 1. The quantitative estimate of drug-likeness (QED) is 0.0756. The summed E-state index contributed by atoms with van der Waals surface area (Å²) >= 11 is 0. The Morgan fingerprint density at radius 1 is 0.630 bits per heavy atom. The van der Waals surface area contributed by atoms with E-state index in [0.29, 0.717) is 0 Å². The van der Waals surface area contributed by atoms with Crippen molar-refractivity contribution in [3.63, 3.8) is 0 Å². The minimum atomic E-state index is -1.60. The van der Waals surface area contributed by atoms with Crippen molar-refractivity contribution >= 4 is 17.7 Å². The zero-order valence-electron chi connectivity index (χ0n) is 30.5. The normalized spacial score (nSPS) is 37.0. The highest BCUT2D eigenvalue weighted by Crippen LogP contribution is 2.33. The first-order valence-corrected chi connectivity index (χ1v) is 17.9. The third-order valence-electron chi connectivity index (χ3n) is 10.2. The number of aliphatic hydroxyl groups excluding tert-OH is 8. The maximum atomic E-state index is 13.2. The van der Waals surface area contributed by atoms with Gasteiger partial charge in [0.05, 0.1) is 82.7 Å². The van der Waals surface area contributed by atoms with Gasteiger partial charge in [-0.25, -0.2) is 0 Å². The van der Waals surface area contributed by atoms with Crippen molar-refractivity contribution < 1.29 is 78.9 Å². The van der Waals surface area contributed by atoms with Crippen molar-refractivity contribution in [1.29, 1.82) is 0 Å². The van der Waals surface area contributed by atoms with E-state index in [-0.39, 0.29) is 33.0 Å². The van der Waals surface area contributed by atoms with Gasteiger partial charge in [0.1, 0.15) is 36.6 Å². The maximum absolute atomic E-state index is 13.2. The summed E-state index contributed by atoms with van der Waals surface area (Å²) in [5, 5.41) is 89.4. The van der Waals surface area contributed by atoms with Crippen LogP contribution < -0.4 is 10.6 Å². The van der Waals surface area contributed by atoms with Crippen LogP contribution in [0.15, 0.2) is 30.3 Å². The summed E-state index contributed by atoms with van der Waals surface area (Å²) in [7, 11) is 0. The number of hydrogen-bond acceptors (Lipinski definition) is 16. The molecule has 3 amide bonds. The molecule has 1 aromatic carbocycles. The van der Waals surface area contributed by atoms with Gasteiger partial charge in [-0.1, -0.05) is 30.3 Å². The third kappa shape index (κ3) is 10.7.